The minimum atomic E-state index is -0.318. The van der Waals surface area contributed by atoms with Gasteiger partial charge >= 0.3 is 0 Å². The fraction of sp³-hybridized carbons (Fsp3) is 0.583. The summed E-state index contributed by atoms with van der Waals surface area (Å²) in [5.74, 6) is -0.149. The maximum absolute atomic E-state index is 12.2. The van der Waals surface area contributed by atoms with E-state index in [1.165, 1.54) is 0 Å². The van der Waals surface area contributed by atoms with Gasteiger partial charge in [0, 0.05) is 18.8 Å². The molecule has 0 spiro atoms. The molecule has 1 aliphatic heterocycles. The highest BCUT2D eigenvalue weighted by Crippen LogP contribution is 2.23. The van der Waals surface area contributed by atoms with Crippen LogP contribution in [-0.4, -0.2) is 45.5 Å². The Morgan fingerprint density at radius 1 is 1.39 bits per heavy atom. The summed E-state index contributed by atoms with van der Waals surface area (Å²) in [5, 5.41) is 9.39. The first-order valence-corrected chi connectivity index (χ1v) is 6.36. The Kier molecular flexibility index (Phi) is 2.77. The van der Waals surface area contributed by atoms with E-state index in [-0.39, 0.29) is 17.9 Å². The molecule has 2 heterocycles. The number of carbonyl (C=O) groups is 2. The Balaban J connectivity index is 1.70. The van der Waals surface area contributed by atoms with Gasteiger partial charge in [0.2, 0.25) is 5.91 Å². The number of amides is 2. The van der Waals surface area contributed by atoms with Crippen LogP contribution in [-0.2, 0) is 4.79 Å². The highest BCUT2D eigenvalue weighted by Gasteiger charge is 2.37. The molecular formula is C12H16N4O2. The zero-order chi connectivity index (χ0) is 12.5. The third kappa shape index (κ3) is 2.10. The monoisotopic (exact) mass is 248 g/mol. The molecule has 1 saturated heterocycles. The van der Waals surface area contributed by atoms with Gasteiger partial charge in [-0.05, 0) is 31.7 Å². The zero-order valence-electron chi connectivity index (χ0n) is 10.1. The highest BCUT2D eigenvalue weighted by molar-refractivity contribution is 5.96. The zero-order valence-corrected chi connectivity index (χ0v) is 10.1. The smallest absolute Gasteiger partial charge is 0.272 e. The fourth-order valence-electron chi connectivity index (χ4n) is 2.34. The molecule has 1 saturated carbocycles. The molecule has 2 N–H and O–H groups in total. The quantitative estimate of drug-likeness (QED) is 0.807. The number of likely N-dealkylation sites (tertiary alicyclic amines) is 1. The second-order valence-electron chi connectivity index (χ2n) is 4.91. The molecule has 2 amide bonds. The molecular weight excluding hydrogens is 232 g/mol. The van der Waals surface area contributed by atoms with Gasteiger partial charge in [-0.25, -0.2) is 0 Å². The summed E-state index contributed by atoms with van der Waals surface area (Å²) in [6, 6.07) is 1.65. The average molecular weight is 248 g/mol. The van der Waals surface area contributed by atoms with Crippen molar-refractivity contribution in [3.63, 3.8) is 0 Å². The van der Waals surface area contributed by atoms with E-state index in [9.17, 15) is 9.59 Å². The van der Waals surface area contributed by atoms with Crippen molar-refractivity contribution < 1.29 is 9.59 Å². The molecule has 6 heteroatoms. The molecule has 1 aliphatic carbocycles. The number of hydrogen-bond acceptors (Lipinski definition) is 3. The number of nitrogens with one attached hydrogen (secondary N) is 2. The summed E-state index contributed by atoms with van der Waals surface area (Å²) < 4.78 is 0. The van der Waals surface area contributed by atoms with Crippen LogP contribution < -0.4 is 5.32 Å². The van der Waals surface area contributed by atoms with Crippen molar-refractivity contribution in [1.82, 2.24) is 20.4 Å². The molecule has 0 aromatic carbocycles. The molecule has 0 bridgehead atoms. The van der Waals surface area contributed by atoms with E-state index in [0.29, 0.717) is 18.3 Å². The van der Waals surface area contributed by atoms with E-state index in [1.54, 1.807) is 17.2 Å². The van der Waals surface area contributed by atoms with E-state index in [0.717, 1.165) is 25.7 Å². The van der Waals surface area contributed by atoms with Gasteiger partial charge in [-0.2, -0.15) is 5.10 Å². The first kappa shape index (κ1) is 11.3. The molecule has 2 aliphatic rings. The van der Waals surface area contributed by atoms with Gasteiger partial charge in [0.15, 0.2) is 0 Å². The van der Waals surface area contributed by atoms with Gasteiger partial charge in [-0.1, -0.05) is 0 Å². The van der Waals surface area contributed by atoms with Gasteiger partial charge in [0.05, 0.1) is 0 Å². The second-order valence-corrected chi connectivity index (χ2v) is 4.91. The molecule has 2 fully saturated rings. The van der Waals surface area contributed by atoms with E-state index in [2.05, 4.69) is 15.5 Å². The minimum absolute atomic E-state index is 0.0112. The first-order chi connectivity index (χ1) is 8.75. The average Bonchev–Trinajstić information content (AvgIpc) is 2.91. The number of nitrogens with zero attached hydrogens (tertiary/aromatic N) is 2. The molecule has 1 aromatic rings. The van der Waals surface area contributed by atoms with E-state index in [4.69, 9.17) is 0 Å². The molecule has 6 nitrogen and oxygen atoms in total. The standard InChI is InChI=1S/C12H16N4O2/c17-11(14-8-3-4-8)10-2-1-7-16(10)12(18)9-5-6-13-15-9/h5-6,8,10H,1-4,7H2,(H,13,15)(H,14,17). The number of aromatic amines is 1. The summed E-state index contributed by atoms with van der Waals surface area (Å²) >= 11 is 0. The van der Waals surface area contributed by atoms with Crippen molar-refractivity contribution in [1.29, 1.82) is 0 Å². The van der Waals surface area contributed by atoms with Crippen LogP contribution in [0.5, 0.6) is 0 Å². The Bertz CT molecular complexity index is 453. The molecule has 1 unspecified atom stereocenters. The highest BCUT2D eigenvalue weighted by atomic mass is 16.2. The lowest BCUT2D eigenvalue weighted by Gasteiger charge is -2.23. The Hall–Kier alpha value is -1.85. The van der Waals surface area contributed by atoms with Gasteiger partial charge < -0.3 is 10.2 Å². The number of rotatable bonds is 3. The lowest BCUT2D eigenvalue weighted by atomic mass is 10.2. The van der Waals surface area contributed by atoms with Gasteiger partial charge in [0.1, 0.15) is 11.7 Å². The van der Waals surface area contributed by atoms with Crippen molar-refractivity contribution in [3.05, 3.63) is 18.0 Å². The van der Waals surface area contributed by atoms with E-state index >= 15 is 0 Å². The third-order valence-corrected chi connectivity index (χ3v) is 3.47. The van der Waals surface area contributed by atoms with Crippen LogP contribution in [0.4, 0.5) is 0 Å². The van der Waals surface area contributed by atoms with Crippen LogP contribution in [0.1, 0.15) is 36.2 Å². The van der Waals surface area contributed by atoms with Crippen molar-refractivity contribution in [2.75, 3.05) is 6.54 Å². The van der Waals surface area contributed by atoms with Crippen molar-refractivity contribution in [3.8, 4) is 0 Å². The van der Waals surface area contributed by atoms with E-state index < -0.39 is 0 Å². The SMILES string of the molecule is O=C(NC1CC1)C1CCCN1C(=O)c1ccn[nH]1. The number of hydrogen-bond donors (Lipinski definition) is 2. The molecule has 1 aromatic heterocycles. The Morgan fingerprint density at radius 2 is 2.22 bits per heavy atom. The number of carbonyl (C=O) groups excluding carboxylic acids is 2. The predicted molar refractivity (Wildman–Crippen MR) is 63.8 cm³/mol. The maximum atomic E-state index is 12.2. The van der Waals surface area contributed by atoms with Crippen molar-refractivity contribution >= 4 is 11.8 Å². The van der Waals surface area contributed by atoms with Crippen LogP contribution in [0.3, 0.4) is 0 Å². The molecule has 3 rings (SSSR count). The maximum Gasteiger partial charge on any atom is 0.272 e. The Morgan fingerprint density at radius 3 is 2.89 bits per heavy atom. The predicted octanol–water partition coefficient (Wildman–Crippen LogP) is 0.293. The summed E-state index contributed by atoms with van der Waals surface area (Å²) in [4.78, 5) is 25.9. The van der Waals surface area contributed by atoms with Crippen LogP contribution in [0.15, 0.2) is 12.3 Å². The minimum Gasteiger partial charge on any atom is -0.352 e. The summed E-state index contributed by atoms with van der Waals surface area (Å²) in [5.41, 5.74) is 0.445. The van der Waals surface area contributed by atoms with E-state index in [1.807, 2.05) is 0 Å². The largest absolute Gasteiger partial charge is 0.352 e. The molecule has 1 atom stereocenters. The van der Waals surface area contributed by atoms with Gasteiger partial charge in [0.25, 0.3) is 5.91 Å². The molecule has 96 valence electrons. The van der Waals surface area contributed by atoms with Crippen LogP contribution in [0, 0.1) is 0 Å². The van der Waals surface area contributed by atoms with Crippen molar-refractivity contribution in [2.45, 2.75) is 37.8 Å². The van der Waals surface area contributed by atoms with Crippen LogP contribution in [0.25, 0.3) is 0 Å². The first-order valence-electron chi connectivity index (χ1n) is 6.36. The number of aromatic nitrogens is 2. The second kappa shape index (κ2) is 4.44. The topological polar surface area (TPSA) is 78.1 Å². The normalized spacial score (nSPS) is 23.1. The number of H-pyrrole nitrogens is 1. The molecule has 0 radical (unpaired) electrons. The summed E-state index contributed by atoms with van der Waals surface area (Å²) in [7, 11) is 0. The lowest BCUT2D eigenvalue weighted by molar-refractivity contribution is -0.125. The molecule has 18 heavy (non-hydrogen) atoms. The fourth-order valence-corrected chi connectivity index (χ4v) is 2.34. The Labute approximate surface area is 105 Å². The van der Waals surface area contributed by atoms with Gasteiger partial charge in [-0.3, -0.25) is 14.7 Å². The van der Waals surface area contributed by atoms with Crippen LogP contribution >= 0.6 is 0 Å². The summed E-state index contributed by atoms with van der Waals surface area (Å²) in [6.07, 6.45) is 5.30. The summed E-state index contributed by atoms with van der Waals surface area (Å²) in [6.45, 7) is 0.639. The van der Waals surface area contributed by atoms with Crippen LogP contribution in [0.2, 0.25) is 0 Å². The third-order valence-electron chi connectivity index (χ3n) is 3.47. The van der Waals surface area contributed by atoms with Gasteiger partial charge in [-0.15, -0.1) is 0 Å². The van der Waals surface area contributed by atoms with Crippen molar-refractivity contribution in [2.24, 2.45) is 0 Å². The lowest BCUT2D eigenvalue weighted by Crippen LogP contribution is -2.46.